The van der Waals surface area contributed by atoms with Crippen molar-refractivity contribution in [3.63, 3.8) is 0 Å². The van der Waals surface area contributed by atoms with Crippen molar-refractivity contribution in [1.29, 1.82) is 0 Å². The van der Waals surface area contributed by atoms with Gasteiger partial charge in [0, 0.05) is 17.8 Å². The first-order valence-corrected chi connectivity index (χ1v) is 7.55. The monoisotopic (exact) mass is 325 g/mol. The molecule has 0 saturated heterocycles. The van der Waals surface area contributed by atoms with Crippen molar-refractivity contribution in [3.8, 4) is 11.5 Å². The molecule has 0 radical (unpaired) electrons. The molecule has 24 heavy (non-hydrogen) atoms. The van der Waals surface area contributed by atoms with E-state index >= 15 is 0 Å². The van der Waals surface area contributed by atoms with Crippen LogP contribution in [0.3, 0.4) is 0 Å². The maximum Gasteiger partial charge on any atom is 0.331 e. The van der Waals surface area contributed by atoms with Crippen molar-refractivity contribution in [2.45, 2.75) is 20.0 Å². The number of carbonyl (C=O) groups excluding carboxylic acids is 2. The molecular weight excluding hydrogens is 306 g/mol. The number of benzene rings is 2. The molecule has 0 aliphatic rings. The number of hydrogen-bond acceptors (Lipinski definition) is 4. The smallest absolute Gasteiger partial charge is 0.331 e. The Labute approximate surface area is 140 Å². The Hall–Kier alpha value is -3.08. The fourth-order valence-corrected chi connectivity index (χ4v) is 1.83. The summed E-state index contributed by atoms with van der Waals surface area (Å²) >= 11 is 0. The number of amides is 1. The molecule has 0 aliphatic heterocycles. The van der Waals surface area contributed by atoms with Gasteiger partial charge in [-0.05, 0) is 50.2 Å². The second-order valence-corrected chi connectivity index (χ2v) is 5.25. The summed E-state index contributed by atoms with van der Waals surface area (Å²) in [5, 5.41) is 2.65. The van der Waals surface area contributed by atoms with Gasteiger partial charge in [0.2, 0.25) is 5.91 Å². The van der Waals surface area contributed by atoms with Crippen LogP contribution in [-0.2, 0) is 14.3 Å². The third-order valence-corrected chi connectivity index (χ3v) is 2.82. The van der Waals surface area contributed by atoms with Crippen LogP contribution in [0.2, 0.25) is 0 Å². The van der Waals surface area contributed by atoms with Gasteiger partial charge in [-0.3, -0.25) is 4.79 Å². The van der Waals surface area contributed by atoms with Crippen molar-refractivity contribution in [2.24, 2.45) is 0 Å². The number of esters is 1. The third-order valence-electron chi connectivity index (χ3n) is 2.82. The van der Waals surface area contributed by atoms with Gasteiger partial charge in [0.15, 0.2) is 0 Å². The molecule has 0 heterocycles. The second-order valence-electron chi connectivity index (χ2n) is 5.25. The van der Waals surface area contributed by atoms with E-state index in [-0.39, 0.29) is 6.10 Å². The summed E-state index contributed by atoms with van der Waals surface area (Å²) in [7, 11) is 0. The molecule has 0 atom stereocenters. The lowest BCUT2D eigenvalue weighted by molar-refractivity contribution is -0.141. The third kappa shape index (κ3) is 5.96. The number of hydrogen-bond donors (Lipinski definition) is 1. The first-order chi connectivity index (χ1) is 11.5. The van der Waals surface area contributed by atoms with Crippen LogP contribution in [0.4, 0.5) is 5.69 Å². The molecule has 5 nitrogen and oxygen atoms in total. The Morgan fingerprint density at radius 1 is 0.917 bits per heavy atom. The van der Waals surface area contributed by atoms with Crippen LogP contribution in [0.5, 0.6) is 11.5 Å². The van der Waals surface area contributed by atoms with Crippen LogP contribution in [0, 0.1) is 0 Å². The molecule has 0 saturated carbocycles. The van der Waals surface area contributed by atoms with Crippen molar-refractivity contribution in [2.75, 3.05) is 5.32 Å². The molecule has 124 valence electrons. The van der Waals surface area contributed by atoms with E-state index in [1.807, 2.05) is 30.3 Å². The number of ether oxygens (including phenoxy) is 2. The van der Waals surface area contributed by atoms with Gasteiger partial charge in [0.25, 0.3) is 0 Å². The highest BCUT2D eigenvalue weighted by Crippen LogP contribution is 2.22. The van der Waals surface area contributed by atoms with E-state index in [9.17, 15) is 9.59 Å². The minimum atomic E-state index is -0.549. The van der Waals surface area contributed by atoms with Gasteiger partial charge in [0.1, 0.15) is 11.5 Å². The summed E-state index contributed by atoms with van der Waals surface area (Å²) in [6, 6.07) is 16.3. The molecule has 1 N–H and O–H groups in total. The summed E-state index contributed by atoms with van der Waals surface area (Å²) < 4.78 is 10.6. The van der Waals surface area contributed by atoms with Gasteiger partial charge in [-0.2, -0.15) is 0 Å². The number of rotatable bonds is 6. The molecule has 2 aromatic carbocycles. The largest absolute Gasteiger partial charge is 0.460 e. The molecule has 2 rings (SSSR count). The van der Waals surface area contributed by atoms with Crippen LogP contribution in [-0.4, -0.2) is 18.0 Å². The number of nitrogens with one attached hydrogen (secondary N) is 1. The van der Waals surface area contributed by atoms with Crippen LogP contribution >= 0.6 is 0 Å². The molecule has 0 aliphatic carbocycles. The van der Waals surface area contributed by atoms with Crippen LogP contribution in [0.15, 0.2) is 66.7 Å². The van der Waals surface area contributed by atoms with Gasteiger partial charge >= 0.3 is 5.97 Å². The minimum absolute atomic E-state index is 0.220. The minimum Gasteiger partial charge on any atom is -0.460 e. The summed E-state index contributed by atoms with van der Waals surface area (Å²) in [4.78, 5) is 23.1. The van der Waals surface area contributed by atoms with Gasteiger partial charge in [-0.1, -0.05) is 18.2 Å². The Kier molecular flexibility index (Phi) is 6.14. The van der Waals surface area contributed by atoms with E-state index in [0.717, 1.165) is 17.9 Å². The molecule has 1 amide bonds. The Morgan fingerprint density at radius 3 is 2.17 bits per heavy atom. The summed E-state index contributed by atoms with van der Waals surface area (Å²) in [6.45, 7) is 3.48. The van der Waals surface area contributed by atoms with Crippen LogP contribution in [0.25, 0.3) is 0 Å². The Bertz CT molecular complexity index is 706. The van der Waals surface area contributed by atoms with E-state index in [0.29, 0.717) is 11.4 Å². The SMILES string of the molecule is CC(C)OC(=O)/C=C/C(=O)Nc1ccc(Oc2ccccc2)cc1. The molecule has 2 aromatic rings. The van der Waals surface area contributed by atoms with E-state index in [1.165, 1.54) is 0 Å². The zero-order chi connectivity index (χ0) is 17.4. The highest BCUT2D eigenvalue weighted by Gasteiger charge is 2.03. The highest BCUT2D eigenvalue weighted by molar-refractivity contribution is 6.02. The van der Waals surface area contributed by atoms with Crippen LogP contribution in [0.1, 0.15) is 13.8 Å². The van der Waals surface area contributed by atoms with Gasteiger partial charge in [-0.25, -0.2) is 4.79 Å². The normalized spacial score (nSPS) is 10.6. The molecular formula is C19H19NO4. The van der Waals surface area contributed by atoms with Gasteiger partial charge in [0.05, 0.1) is 6.10 Å². The van der Waals surface area contributed by atoms with E-state index < -0.39 is 11.9 Å². The lowest BCUT2D eigenvalue weighted by Gasteiger charge is -2.07. The van der Waals surface area contributed by atoms with Crippen molar-refractivity contribution in [1.82, 2.24) is 0 Å². The summed E-state index contributed by atoms with van der Waals surface area (Å²) in [6.07, 6.45) is 2.02. The summed E-state index contributed by atoms with van der Waals surface area (Å²) in [5.41, 5.74) is 0.599. The maximum absolute atomic E-state index is 11.7. The van der Waals surface area contributed by atoms with E-state index in [4.69, 9.17) is 9.47 Å². The van der Waals surface area contributed by atoms with Crippen molar-refractivity contribution >= 4 is 17.6 Å². The maximum atomic E-state index is 11.7. The van der Waals surface area contributed by atoms with Crippen molar-refractivity contribution < 1.29 is 19.1 Å². The predicted molar refractivity (Wildman–Crippen MR) is 92.0 cm³/mol. The predicted octanol–water partition coefficient (Wildman–Crippen LogP) is 3.93. The molecule has 0 bridgehead atoms. The fourth-order valence-electron chi connectivity index (χ4n) is 1.83. The molecule has 0 unspecified atom stereocenters. The molecule has 0 fully saturated rings. The topological polar surface area (TPSA) is 64.6 Å². The van der Waals surface area contributed by atoms with Crippen LogP contribution < -0.4 is 10.1 Å². The van der Waals surface area contributed by atoms with Gasteiger partial charge < -0.3 is 14.8 Å². The average molecular weight is 325 g/mol. The zero-order valence-corrected chi connectivity index (χ0v) is 13.6. The fraction of sp³-hybridized carbons (Fsp3) is 0.158. The Balaban J connectivity index is 1.88. The van der Waals surface area contributed by atoms with Gasteiger partial charge in [-0.15, -0.1) is 0 Å². The Morgan fingerprint density at radius 2 is 1.54 bits per heavy atom. The molecule has 0 spiro atoms. The van der Waals surface area contributed by atoms with E-state index in [2.05, 4.69) is 5.32 Å². The number of anilines is 1. The summed E-state index contributed by atoms with van der Waals surface area (Å²) in [5.74, 6) is 0.440. The quantitative estimate of drug-likeness (QED) is 0.646. The average Bonchev–Trinajstić information content (AvgIpc) is 2.55. The standard InChI is InChI=1S/C19H19NO4/c1-14(2)23-19(22)13-12-18(21)20-15-8-10-17(11-9-15)24-16-6-4-3-5-7-16/h3-14H,1-2H3,(H,20,21)/b13-12+. The number of carbonyl (C=O) groups is 2. The second kappa shape index (κ2) is 8.53. The van der Waals surface area contributed by atoms with E-state index in [1.54, 1.807) is 38.1 Å². The first kappa shape index (κ1) is 17.3. The van der Waals surface area contributed by atoms with Crippen molar-refractivity contribution in [3.05, 3.63) is 66.7 Å². The molecule has 0 aromatic heterocycles. The zero-order valence-electron chi connectivity index (χ0n) is 13.6. The highest BCUT2D eigenvalue weighted by atomic mass is 16.5. The lowest BCUT2D eigenvalue weighted by atomic mass is 10.3. The molecule has 5 heteroatoms. The number of para-hydroxylation sites is 1. The first-order valence-electron chi connectivity index (χ1n) is 7.55. The lowest BCUT2D eigenvalue weighted by Crippen LogP contribution is -2.11.